The van der Waals surface area contributed by atoms with Gasteiger partial charge in [-0.05, 0) is 73.5 Å². The Morgan fingerprint density at radius 1 is 0.651 bits per heavy atom. The highest BCUT2D eigenvalue weighted by Crippen LogP contribution is 2.32. The fourth-order valence-corrected chi connectivity index (χ4v) is 3.76. The molecule has 0 amide bonds. The summed E-state index contributed by atoms with van der Waals surface area (Å²) in [6.45, 7) is 24.2. The van der Waals surface area contributed by atoms with Crippen LogP contribution in [-0.2, 0) is 0 Å². The Bertz CT molecular complexity index is 1260. The largest absolute Gasteiger partial charge is 0.348 e. The molecule has 3 aromatic carbocycles. The maximum absolute atomic E-state index is 3.81. The van der Waals surface area contributed by atoms with E-state index in [0.717, 1.165) is 28.5 Å². The Morgan fingerprint density at radius 3 is 1.53 bits per heavy atom. The number of hydrogen-bond acceptors (Lipinski definition) is 2. The van der Waals surface area contributed by atoms with E-state index in [1.807, 2.05) is 38.1 Å². The molecule has 3 aromatic rings. The summed E-state index contributed by atoms with van der Waals surface area (Å²) in [5.41, 5.74) is 7.97. The molecule has 0 saturated heterocycles. The number of hydrogen-bond donors (Lipinski definition) is 0. The lowest BCUT2D eigenvalue weighted by atomic mass is 10.0. The molecule has 0 heterocycles. The molecule has 0 aromatic heterocycles. The molecule has 0 aliphatic rings. The van der Waals surface area contributed by atoms with Crippen molar-refractivity contribution in [2.75, 3.05) is 16.8 Å². The van der Waals surface area contributed by atoms with Crippen LogP contribution < -0.4 is 9.80 Å². The van der Waals surface area contributed by atoms with Crippen LogP contribution in [0.4, 0.5) is 17.1 Å². The van der Waals surface area contributed by atoms with Gasteiger partial charge in [-0.2, -0.15) is 0 Å². The van der Waals surface area contributed by atoms with Crippen molar-refractivity contribution in [3.63, 3.8) is 0 Å². The Balaban J connectivity index is 0.00000199. The highest BCUT2D eigenvalue weighted by Gasteiger charge is 2.12. The minimum Gasteiger partial charge on any atom is -0.348 e. The molecule has 0 aliphatic carbocycles. The van der Waals surface area contributed by atoms with Gasteiger partial charge in [-0.15, -0.1) is 0 Å². The van der Waals surface area contributed by atoms with E-state index in [2.05, 4.69) is 163 Å². The Kier molecular flexibility index (Phi) is 21.9. The van der Waals surface area contributed by atoms with Crippen LogP contribution in [0.15, 0.2) is 152 Å². The number of nitrogens with zero attached hydrogens (tertiary/aromatic N) is 2. The van der Waals surface area contributed by atoms with E-state index in [-0.39, 0.29) is 0 Å². The molecule has 2 nitrogen and oxygen atoms in total. The molecule has 0 radical (unpaired) electrons. The van der Waals surface area contributed by atoms with E-state index in [1.165, 1.54) is 24.0 Å². The van der Waals surface area contributed by atoms with Gasteiger partial charge in [0.05, 0.1) is 0 Å². The predicted octanol–water partition coefficient (Wildman–Crippen LogP) is 13.1. The van der Waals surface area contributed by atoms with E-state index >= 15 is 0 Å². The summed E-state index contributed by atoms with van der Waals surface area (Å²) in [7, 11) is 2.08. The van der Waals surface area contributed by atoms with Crippen molar-refractivity contribution >= 4 is 17.1 Å². The second-order valence-electron chi connectivity index (χ2n) is 9.47. The first-order valence-electron chi connectivity index (χ1n) is 15.6. The highest BCUT2D eigenvalue weighted by molar-refractivity contribution is 5.74. The average molecular weight is 577 g/mol. The first-order valence-corrected chi connectivity index (χ1v) is 15.6. The molecule has 43 heavy (non-hydrogen) atoms. The summed E-state index contributed by atoms with van der Waals surface area (Å²) in [5.74, 6) is 0. The molecule has 0 unspecified atom stereocenters. The molecule has 0 atom stereocenters. The maximum atomic E-state index is 3.81. The van der Waals surface area contributed by atoms with Gasteiger partial charge in [0.1, 0.15) is 0 Å². The van der Waals surface area contributed by atoms with E-state index in [9.17, 15) is 0 Å². The van der Waals surface area contributed by atoms with Crippen molar-refractivity contribution < 1.29 is 0 Å². The van der Waals surface area contributed by atoms with Crippen molar-refractivity contribution in [1.29, 1.82) is 0 Å². The SMILES string of the molecule is C=C/C=C\C=C(/C)N(C)c1ccc(-c2ccc(N(C(/C=C\C=C)=C/C)c3ccccc3)cc2)cc1.CC.CCC.CCC. The fraction of sp³-hybridized carbons (Fsp3) is 0.268. The van der Waals surface area contributed by atoms with Gasteiger partial charge in [-0.3, -0.25) is 0 Å². The molecular weight excluding hydrogens is 520 g/mol. The fourth-order valence-electron chi connectivity index (χ4n) is 3.76. The first-order chi connectivity index (χ1) is 20.9. The molecule has 0 bridgehead atoms. The van der Waals surface area contributed by atoms with Crippen LogP contribution in [0, 0.1) is 0 Å². The third-order valence-electron chi connectivity index (χ3n) is 5.80. The molecule has 230 valence electrons. The summed E-state index contributed by atoms with van der Waals surface area (Å²) >= 11 is 0. The van der Waals surface area contributed by atoms with Crippen LogP contribution in [0.25, 0.3) is 11.1 Å². The van der Waals surface area contributed by atoms with Crippen molar-refractivity contribution in [2.45, 2.75) is 68.2 Å². The van der Waals surface area contributed by atoms with E-state index in [4.69, 9.17) is 0 Å². The summed E-state index contributed by atoms with van der Waals surface area (Å²) < 4.78 is 0. The van der Waals surface area contributed by atoms with Gasteiger partial charge in [-0.1, -0.05) is 146 Å². The van der Waals surface area contributed by atoms with Crippen LogP contribution in [0.2, 0.25) is 0 Å². The third kappa shape index (κ3) is 13.9. The maximum Gasteiger partial charge on any atom is 0.0461 e. The molecule has 0 spiro atoms. The Hall–Kier alpha value is -4.30. The van der Waals surface area contributed by atoms with E-state index < -0.39 is 0 Å². The van der Waals surface area contributed by atoms with Crippen LogP contribution in [0.1, 0.15) is 68.2 Å². The lowest BCUT2D eigenvalue weighted by Crippen LogP contribution is -2.14. The second-order valence-corrected chi connectivity index (χ2v) is 9.47. The van der Waals surface area contributed by atoms with Crippen LogP contribution >= 0.6 is 0 Å². The van der Waals surface area contributed by atoms with Gasteiger partial charge >= 0.3 is 0 Å². The normalized spacial score (nSPS) is 10.9. The Labute approximate surface area is 264 Å². The predicted molar refractivity (Wildman–Crippen MR) is 198 cm³/mol. The van der Waals surface area contributed by atoms with Gasteiger partial charge in [-0.25, -0.2) is 0 Å². The van der Waals surface area contributed by atoms with Gasteiger partial charge in [0.15, 0.2) is 0 Å². The first kappa shape index (κ1) is 38.7. The smallest absolute Gasteiger partial charge is 0.0461 e. The summed E-state index contributed by atoms with van der Waals surface area (Å²) in [5, 5.41) is 0. The third-order valence-corrected chi connectivity index (χ3v) is 5.80. The molecule has 3 rings (SSSR count). The summed E-state index contributed by atoms with van der Waals surface area (Å²) in [6.07, 6.45) is 18.2. The molecule has 0 saturated carbocycles. The van der Waals surface area contributed by atoms with E-state index in [1.54, 1.807) is 12.2 Å². The monoisotopic (exact) mass is 576 g/mol. The quantitative estimate of drug-likeness (QED) is 0.221. The zero-order chi connectivity index (χ0) is 32.5. The number of allylic oxidation sites excluding steroid dienone is 9. The minimum atomic E-state index is 1.09. The lowest BCUT2D eigenvalue weighted by molar-refractivity contribution is 1.09. The van der Waals surface area contributed by atoms with E-state index in [0.29, 0.717) is 0 Å². The average Bonchev–Trinajstić information content (AvgIpc) is 3.05. The Morgan fingerprint density at radius 2 is 1.09 bits per heavy atom. The van der Waals surface area contributed by atoms with Gasteiger partial charge in [0.25, 0.3) is 0 Å². The van der Waals surface area contributed by atoms with Crippen molar-refractivity contribution in [3.05, 3.63) is 152 Å². The summed E-state index contributed by atoms with van der Waals surface area (Å²) in [4.78, 5) is 4.42. The van der Waals surface area contributed by atoms with Crippen molar-refractivity contribution in [3.8, 4) is 11.1 Å². The topological polar surface area (TPSA) is 6.48 Å². The minimum absolute atomic E-state index is 1.09. The lowest BCUT2D eigenvalue weighted by Gasteiger charge is -2.26. The van der Waals surface area contributed by atoms with Crippen molar-refractivity contribution in [1.82, 2.24) is 0 Å². The summed E-state index contributed by atoms with van der Waals surface area (Å²) in [6, 6.07) is 27.8. The van der Waals surface area contributed by atoms with Crippen LogP contribution in [0.3, 0.4) is 0 Å². The highest BCUT2D eigenvalue weighted by atomic mass is 15.1. The molecule has 0 N–H and O–H groups in total. The van der Waals surface area contributed by atoms with Gasteiger partial charge < -0.3 is 9.80 Å². The van der Waals surface area contributed by atoms with Gasteiger partial charge in [0, 0.05) is 35.5 Å². The van der Waals surface area contributed by atoms with Crippen LogP contribution in [-0.4, -0.2) is 7.05 Å². The standard InChI is InChI=1S/C33H34N2.2C3H8.C2H6/c1-6-9-12-15-27(4)34(5)31-23-19-28(20-24-31)29-21-25-33(26-22-29)35(30(8-3)16-10-7-2)32-17-13-11-14-18-32;2*1-3-2;1-2/h6-26H,1-2H2,3-5H3;2*3H2,1-2H3;1-2H3/b12-9-,16-10-,27-15+,30-8+;;;. The molecule has 2 heteroatoms. The van der Waals surface area contributed by atoms with Crippen molar-refractivity contribution in [2.24, 2.45) is 0 Å². The molecule has 0 fully saturated rings. The zero-order valence-electron chi connectivity index (χ0n) is 28.3. The van der Waals surface area contributed by atoms with Gasteiger partial charge in [0.2, 0.25) is 0 Å². The number of rotatable bonds is 10. The number of benzene rings is 3. The number of para-hydroxylation sites is 1. The number of anilines is 3. The molecule has 0 aliphatic heterocycles. The second kappa shape index (κ2) is 24.3. The van der Waals surface area contributed by atoms with Crippen LogP contribution in [0.5, 0.6) is 0 Å². The zero-order valence-corrected chi connectivity index (χ0v) is 28.3. The molecular formula is C41H56N2.